The van der Waals surface area contributed by atoms with Gasteiger partial charge >= 0.3 is 5.97 Å². The molecule has 1 atom stereocenters. The van der Waals surface area contributed by atoms with Gasteiger partial charge in [-0.05, 0) is 44.1 Å². The molecule has 1 heterocycles. The Morgan fingerprint density at radius 2 is 2.25 bits per heavy atom. The molecule has 5 nitrogen and oxygen atoms in total. The van der Waals surface area contributed by atoms with Gasteiger partial charge in [-0.3, -0.25) is 4.79 Å². The molecule has 2 rings (SSSR count). The van der Waals surface area contributed by atoms with Crippen LogP contribution in [0.1, 0.15) is 22.3 Å². The molecular weight excluding hydrogens is 256 g/mol. The molecule has 2 N–H and O–H groups in total. The maximum absolute atomic E-state index is 11.9. The number of aromatic carboxylic acids is 1. The summed E-state index contributed by atoms with van der Waals surface area (Å²) in [5.74, 6) is -0.737. The van der Waals surface area contributed by atoms with Crippen molar-refractivity contribution in [2.24, 2.45) is 5.92 Å². The molecule has 1 saturated heterocycles. The van der Waals surface area contributed by atoms with Crippen LogP contribution in [0.3, 0.4) is 0 Å². The number of benzene rings is 1. The molecule has 1 fully saturated rings. The average molecular weight is 276 g/mol. The van der Waals surface area contributed by atoms with Gasteiger partial charge in [0.25, 0.3) is 0 Å². The Bertz CT molecular complexity index is 502. The topological polar surface area (TPSA) is 69.6 Å². The van der Waals surface area contributed by atoms with E-state index < -0.39 is 5.97 Å². The third-order valence-corrected chi connectivity index (χ3v) is 3.65. The van der Waals surface area contributed by atoms with E-state index in [1.165, 1.54) is 0 Å². The molecule has 0 aromatic heterocycles. The highest BCUT2D eigenvalue weighted by Gasteiger charge is 2.25. The van der Waals surface area contributed by atoms with Crippen molar-refractivity contribution < 1.29 is 14.7 Å². The normalized spacial score (nSPS) is 18.9. The predicted molar refractivity (Wildman–Crippen MR) is 75.7 cm³/mol. The summed E-state index contributed by atoms with van der Waals surface area (Å²) in [6, 6.07) is 6.82. The molecule has 1 aromatic rings. The molecule has 1 aromatic carbocycles. The van der Waals surface area contributed by atoms with E-state index >= 15 is 0 Å². The van der Waals surface area contributed by atoms with Crippen LogP contribution in [0.5, 0.6) is 0 Å². The highest BCUT2D eigenvalue weighted by atomic mass is 16.4. The van der Waals surface area contributed by atoms with E-state index in [1.54, 1.807) is 18.2 Å². The summed E-state index contributed by atoms with van der Waals surface area (Å²) in [5.41, 5.74) is 1.21. The van der Waals surface area contributed by atoms with Crippen LogP contribution in [0.15, 0.2) is 24.3 Å². The Morgan fingerprint density at radius 1 is 1.45 bits per heavy atom. The number of likely N-dealkylation sites (tertiary alicyclic amines) is 1. The molecule has 1 aliphatic rings. The van der Waals surface area contributed by atoms with Gasteiger partial charge in [-0.1, -0.05) is 12.1 Å². The summed E-state index contributed by atoms with van der Waals surface area (Å²) in [7, 11) is 2.02. The highest BCUT2D eigenvalue weighted by molar-refractivity contribution is 5.87. The van der Waals surface area contributed by atoms with E-state index in [-0.39, 0.29) is 17.4 Å². The van der Waals surface area contributed by atoms with Crippen LogP contribution in [-0.4, -0.2) is 48.6 Å². The first-order chi connectivity index (χ1) is 9.56. The van der Waals surface area contributed by atoms with Crippen molar-refractivity contribution in [3.63, 3.8) is 0 Å². The number of rotatable bonds is 5. The minimum Gasteiger partial charge on any atom is -0.478 e. The van der Waals surface area contributed by atoms with Crippen LogP contribution in [0.4, 0.5) is 0 Å². The predicted octanol–water partition coefficient (Wildman–Crippen LogP) is 0.995. The van der Waals surface area contributed by atoms with Crippen molar-refractivity contribution in [1.82, 2.24) is 10.2 Å². The zero-order valence-corrected chi connectivity index (χ0v) is 11.6. The summed E-state index contributed by atoms with van der Waals surface area (Å²) in [4.78, 5) is 24.9. The molecule has 0 bridgehead atoms. The fraction of sp³-hybridized carbons (Fsp3) is 0.467. The zero-order valence-electron chi connectivity index (χ0n) is 11.6. The molecule has 0 saturated carbocycles. The number of carboxylic acids is 1. The third kappa shape index (κ3) is 3.81. The van der Waals surface area contributed by atoms with E-state index in [2.05, 4.69) is 10.2 Å². The summed E-state index contributed by atoms with van der Waals surface area (Å²) >= 11 is 0. The molecule has 1 amide bonds. The average Bonchev–Trinajstić information content (AvgIpc) is 2.86. The van der Waals surface area contributed by atoms with Gasteiger partial charge in [0.05, 0.1) is 11.5 Å². The summed E-state index contributed by atoms with van der Waals surface area (Å²) < 4.78 is 0. The van der Waals surface area contributed by atoms with Crippen LogP contribution < -0.4 is 5.32 Å². The van der Waals surface area contributed by atoms with Crippen molar-refractivity contribution in [3.05, 3.63) is 35.4 Å². The van der Waals surface area contributed by atoms with E-state index in [1.807, 2.05) is 13.1 Å². The molecule has 0 aliphatic carbocycles. The van der Waals surface area contributed by atoms with Crippen LogP contribution in [0, 0.1) is 5.92 Å². The SMILES string of the molecule is CN1CCC(C(=O)NCCc2cccc(C(=O)O)c2)C1. The minimum absolute atomic E-state index is 0.0883. The van der Waals surface area contributed by atoms with Gasteiger partial charge in [-0.25, -0.2) is 4.79 Å². The van der Waals surface area contributed by atoms with Gasteiger partial charge in [-0.2, -0.15) is 0 Å². The standard InChI is InChI=1S/C15H20N2O3/c1-17-8-6-13(10-17)14(18)16-7-5-11-3-2-4-12(9-11)15(19)20/h2-4,9,13H,5-8,10H2,1H3,(H,16,18)(H,19,20). The fourth-order valence-electron chi connectivity index (χ4n) is 2.48. The molecule has 1 aliphatic heterocycles. The van der Waals surface area contributed by atoms with Gasteiger partial charge in [0.2, 0.25) is 5.91 Å². The molecule has 20 heavy (non-hydrogen) atoms. The summed E-state index contributed by atoms with van der Waals surface area (Å²) in [6.45, 7) is 2.33. The second-order valence-corrected chi connectivity index (χ2v) is 5.29. The van der Waals surface area contributed by atoms with E-state index in [0.29, 0.717) is 13.0 Å². The number of carbonyl (C=O) groups excluding carboxylic acids is 1. The quantitative estimate of drug-likeness (QED) is 0.841. The largest absolute Gasteiger partial charge is 0.478 e. The molecular formula is C15H20N2O3. The van der Waals surface area contributed by atoms with E-state index in [0.717, 1.165) is 25.1 Å². The number of amides is 1. The Labute approximate surface area is 118 Å². The van der Waals surface area contributed by atoms with Crippen molar-refractivity contribution in [3.8, 4) is 0 Å². The molecule has 5 heteroatoms. The van der Waals surface area contributed by atoms with Gasteiger partial charge < -0.3 is 15.3 Å². The molecule has 0 spiro atoms. The van der Waals surface area contributed by atoms with E-state index in [4.69, 9.17) is 5.11 Å². The lowest BCUT2D eigenvalue weighted by molar-refractivity contribution is -0.124. The minimum atomic E-state index is -0.926. The lowest BCUT2D eigenvalue weighted by Crippen LogP contribution is -2.33. The van der Waals surface area contributed by atoms with E-state index in [9.17, 15) is 9.59 Å². The van der Waals surface area contributed by atoms with Gasteiger partial charge in [-0.15, -0.1) is 0 Å². The number of carbonyl (C=O) groups is 2. The van der Waals surface area contributed by atoms with Crippen LogP contribution >= 0.6 is 0 Å². The second kappa shape index (κ2) is 6.52. The monoisotopic (exact) mass is 276 g/mol. The Hall–Kier alpha value is -1.88. The first-order valence-electron chi connectivity index (χ1n) is 6.85. The number of nitrogens with one attached hydrogen (secondary N) is 1. The lowest BCUT2D eigenvalue weighted by Gasteiger charge is -2.11. The third-order valence-electron chi connectivity index (χ3n) is 3.65. The summed E-state index contributed by atoms with van der Waals surface area (Å²) in [5, 5.41) is 11.8. The van der Waals surface area contributed by atoms with Crippen molar-refractivity contribution in [2.45, 2.75) is 12.8 Å². The number of carboxylic acid groups (broad SMARTS) is 1. The van der Waals surface area contributed by atoms with Crippen LogP contribution in [0.2, 0.25) is 0 Å². The smallest absolute Gasteiger partial charge is 0.335 e. The van der Waals surface area contributed by atoms with Crippen molar-refractivity contribution in [1.29, 1.82) is 0 Å². The Balaban J connectivity index is 1.79. The van der Waals surface area contributed by atoms with Gasteiger partial charge in [0.1, 0.15) is 0 Å². The van der Waals surface area contributed by atoms with Crippen molar-refractivity contribution in [2.75, 3.05) is 26.7 Å². The van der Waals surface area contributed by atoms with Gasteiger partial charge in [0.15, 0.2) is 0 Å². The van der Waals surface area contributed by atoms with Crippen LogP contribution in [-0.2, 0) is 11.2 Å². The maximum Gasteiger partial charge on any atom is 0.335 e. The fourth-order valence-corrected chi connectivity index (χ4v) is 2.48. The Kier molecular flexibility index (Phi) is 4.74. The van der Waals surface area contributed by atoms with Gasteiger partial charge in [0, 0.05) is 13.1 Å². The number of hydrogen-bond acceptors (Lipinski definition) is 3. The molecule has 1 unspecified atom stereocenters. The number of hydrogen-bond donors (Lipinski definition) is 2. The lowest BCUT2D eigenvalue weighted by atomic mass is 10.1. The number of nitrogens with zero attached hydrogens (tertiary/aromatic N) is 1. The summed E-state index contributed by atoms with van der Waals surface area (Å²) in [6.07, 6.45) is 1.56. The Morgan fingerprint density at radius 3 is 2.90 bits per heavy atom. The van der Waals surface area contributed by atoms with Crippen LogP contribution in [0.25, 0.3) is 0 Å². The first-order valence-corrected chi connectivity index (χ1v) is 6.85. The molecule has 108 valence electrons. The maximum atomic E-state index is 11.9. The zero-order chi connectivity index (χ0) is 14.5. The van der Waals surface area contributed by atoms with Crippen molar-refractivity contribution >= 4 is 11.9 Å². The molecule has 0 radical (unpaired) electrons. The highest BCUT2D eigenvalue weighted by Crippen LogP contribution is 2.14. The second-order valence-electron chi connectivity index (χ2n) is 5.29. The first kappa shape index (κ1) is 14.5.